The van der Waals surface area contributed by atoms with E-state index in [4.69, 9.17) is 16.3 Å². The second kappa shape index (κ2) is 7.31. The van der Waals surface area contributed by atoms with Crippen LogP contribution in [0.1, 0.15) is 26.2 Å². The van der Waals surface area contributed by atoms with Crippen LogP contribution in [0.15, 0.2) is 24.3 Å². The lowest BCUT2D eigenvalue weighted by atomic mass is 10.3. The largest absolute Gasteiger partial charge is 0.466 e. The molecule has 0 atom stereocenters. The van der Waals surface area contributed by atoms with Gasteiger partial charge >= 0.3 is 12.0 Å². The molecule has 0 aliphatic heterocycles. The molecule has 1 saturated carbocycles. The maximum absolute atomic E-state index is 12.3. The lowest BCUT2D eigenvalue weighted by Gasteiger charge is -2.22. The van der Waals surface area contributed by atoms with E-state index in [0.29, 0.717) is 23.9 Å². The highest BCUT2D eigenvalue weighted by molar-refractivity contribution is 6.30. The van der Waals surface area contributed by atoms with Gasteiger partial charge in [-0.25, -0.2) is 4.79 Å². The maximum atomic E-state index is 12.3. The van der Waals surface area contributed by atoms with Crippen LogP contribution in [-0.4, -0.2) is 36.1 Å². The highest BCUT2D eigenvalue weighted by Gasteiger charge is 2.32. The fourth-order valence-corrected chi connectivity index (χ4v) is 2.14. The van der Waals surface area contributed by atoms with Gasteiger partial charge in [0.15, 0.2) is 0 Å². The van der Waals surface area contributed by atoms with Crippen LogP contribution in [0.5, 0.6) is 0 Å². The highest BCUT2D eigenvalue weighted by Crippen LogP contribution is 2.27. The van der Waals surface area contributed by atoms with Crippen LogP contribution in [0.2, 0.25) is 5.02 Å². The molecule has 6 heteroatoms. The van der Waals surface area contributed by atoms with Crippen molar-refractivity contribution in [2.75, 3.05) is 18.5 Å². The van der Waals surface area contributed by atoms with Crippen molar-refractivity contribution in [2.45, 2.75) is 32.2 Å². The molecule has 1 fully saturated rings. The van der Waals surface area contributed by atoms with Crippen LogP contribution in [0, 0.1) is 0 Å². The summed E-state index contributed by atoms with van der Waals surface area (Å²) in [5.41, 5.74) is 0.686. The Hall–Kier alpha value is -1.75. The summed E-state index contributed by atoms with van der Waals surface area (Å²) >= 11 is 5.81. The third-order valence-corrected chi connectivity index (χ3v) is 3.46. The first-order valence-electron chi connectivity index (χ1n) is 7.09. The number of ether oxygens (including phenoxy) is 1. The van der Waals surface area contributed by atoms with E-state index in [1.54, 1.807) is 36.1 Å². The first kappa shape index (κ1) is 15.6. The summed E-state index contributed by atoms with van der Waals surface area (Å²) in [7, 11) is 0. The predicted molar refractivity (Wildman–Crippen MR) is 81.4 cm³/mol. The fourth-order valence-electron chi connectivity index (χ4n) is 2.01. The van der Waals surface area contributed by atoms with E-state index in [1.807, 2.05) is 0 Å². The van der Waals surface area contributed by atoms with Crippen molar-refractivity contribution in [1.29, 1.82) is 0 Å². The number of amides is 2. The maximum Gasteiger partial charge on any atom is 0.322 e. The van der Waals surface area contributed by atoms with E-state index in [-0.39, 0.29) is 24.5 Å². The van der Waals surface area contributed by atoms with Crippen LogP contribution < -0.4 is 5.32 Å². The van der Waals surface area contributed by atoms with E-state index in [2.05, 4.69) is 5.32 Å². The Morgan fingerprint density at radius 3 is 2.57 bits per heavy atom. The van der Waals surface area contributed by atoms with Crippen LogP contribution in [0.25, 0.3) is 0 Å². The van der Waals surface area contributed by atoms with Gasteiger partial charge in [-0.1, -0.05) is 11.6 Å². The van der Waals surface area contributed by atoms with Crippen LogP contribution in [0.3, 0.4) is 0 Å². The third kappa shape index (κ3) is 4.93. The third-order valence-electron chi connectivity index (χ3n) is 3.21. The summed E-state index contributed by atoms with van der Waals surface area (Å²) in [4.78, 5) is 25.4. The van der Waals surface area contributed by atoms with E-state index in [0.717, 1.165) is 12.8 Å². The Kier molecular flexibility index (Phi) is 5.44. The molecule has 0 saturated heterocycles. The quantitative estimate of drug-likeness (QED) is 0.820. The van der Waals surface area contributed by atoms with Gasteiger partial charge in [0, 0.05) is 23.3 Å². The monoisotopic (exact) mass is 310 g/mol. The molecule has 0 bridgehead atoms. The summed E-state index contributed by atoms with van der Waals surface area (Å²) < 4.78 is 4.89. The fraction of sp³-hybridized carbons (Fsp3) is 0.467. The van der Waals surface area contributed by atoms with Crippen molar-refractivity contribution in [3.8, 4) is 0 Å². The number of hydrogen-bond acceptors (Lipinski definition) is 3. The number of carbonyl (C=O) groups excluding carboxylic acids is 2. The van der Waals surface area contributed by atoms with Gasteiger partial charge in [-0.05, 0) is 44.0 Å². The minimum Gasteiger partial charge on any atom is -0.466 e. The van der Waals surface area contributed by atoms with E-state index < -0.39 is 0 Å². The zero-order valence-corrected chi connectivity index (χ0v) is 12.7. The number of halogens is 1. The van der Waals surface area contributed by atoms with Crippen molar-refractivity contribution in [2.24, 2.45) is 0 Å². The number of nitrogens with zero attached hydrogens (tertiary/aromatic N) is 1. The second-order valence-electron chi connectivity index (χ2n) is 4.92. The molecule has 0 unspecified atom stereocenters. The van der Waals surface area contributed by atoms with Gasteiger partial charge in [-0.15, -0.1) is 0 Å². The van der Waals surface area contributed by atoms with Gasteiger partial charge in [-0.3, -0.25) is 4.79 Å². The van der Waals surface area contributed by atoms with Gasteiger partial charge in [0.2, 0.25) is 0 Å². The molecular weight excluding hydrogens is 292 g/mol. The van der Waals surface area contributed by atoms with E-state index in [9.17, 15) is 9.59 Å². The number of anilines is 1. The summed E-state index contributed by atoms with van der Waals surface area (Å²) in [6.45, 7) is 2.51. The molecule has 0 heterocycles. The molecule has 1 aliphatic carbocycles. The van der Waals surface area contributed by atoms with Crippen LogP contribution >= 0.6 is 11.6 Å². The van der Waals surface area contributed by atoms with Gasteiger partial charge in [-0.2, -0.15) is 0 Å². The lowest BCUT2D eigenvalue weighted by molar-refractivity contribution is -0.143. The Labute approximate surface area is 129 Å². The molecule has 2 amide bonds. The normalized spacial score (nSPS) is 13.6. The molecule has 1 aromatic rings. The molecule has 2 rings (SSSR count). The van der Waals surface area contributed by atoms with Crippen LogP contribution in [0.4, 0.5) is 10.5 Å². The van der Waals surface area contributed by atoms with Crippen LogP contribution in [-0.2, 0) is 9.53 Å². The summed E-state index contributed by atoms with van der Waals surface area (Å²) in [5.74, 6) is -0.276. The Morgan fingerprint density at radius 1 is 1.33 bits per heavy atom. The Bertz CT molecular complexity index is 500. The molecule has 0 aromatic heterocycles. The molecular formula is C15H19ClN2O3. The highest BCUT2D eigenvalue weighted by atomic mass is 35.5. The summed E-state index contributed by atoms with van der Waals surface area (Å²) in [6, 6.07) is 6.97. The Morgan fingerprint density at radius 2 is 2.00 bits per heavy atom. The number of esters is 1. The van der Waals surface area contributed by atoms with Gasteiger partial charge in [0.05, 0.1) is 13.0 Å². The average molecular weight is 311 g/mol. The standard InChI is InChI=1S/C15H19ClN2O3/c1-2-21-14(19)9-10-18(13-7-8-13)15(20)17-12-5-3-11(16)4-6-12/h3-6,13H,2,7-10H2,1H3,(H,17,20). The van der Waals surface area contributed by atoms with Gasteiger partial charge in [0.25, 0.3) is 0 Å². The molecule has 21 heavy (non-hydrogen) atoms. The minimum absolute atomic E-state index is 0.191. The zero-order valence-electron chi connectivity index (χ0n) is 12.0. The average Bonchev–Trinajstić information content (AvgIpc) is 3.26. The molecule has 0 spiro atoms. The number of urea groups is 1. The van der Waals surface area contributed by atoms with Gasteiger partial charge in [0.1, 0.15) is 0 Å². The van der Waals surface area contributed by atoms with Crippen molar-refractivity contribution < 1.29 is 14.3 Å². The molecule has 5 nitrogen and oxygen atoms in total. The summed E-state index contributed by atoms with van der Waals surface area (Å²) in [6.07, 6.45) is 2.19. The number of carbonyl (C=O) groups is 2. The topological polar surface area (TPSA) is 58.6 Å². The molecule has 1 N–H and O–H groups in total. The number of benzene rings is 1. The van der Waals surface area contributed by atoms with Crippen molar-refractivity contribution in [3.63, 3.8) is 0 Å². The molecule has 1 aromatic carbocycles. The predicted octanol–water partition coefficient (Wildman–Crippen LogP) is 3.29. The number of rotatable bonds is 6. The summed E-state index contributed by atoms with van der Waals surface area (Å²) in [5, 5.41) is 3.44. The van der Waals surface area contributed by atoms with Crippen molar-refractivity contribution >= 4 is 29.3 Å². The lowest BCUT2D eigenvalue weighted by Crippen LogP contribution is -2.38. The Balaban J connectivity index is 1.90. The zero-order chi connectivity index (χ0) is 15.2. The second-order valence-corrected chi connectivity index (χ2v) is 5.35. The first-order chi connectivity index (χ1) is 10.1. The molecule has 0 radical (unpaired) electrons. The molecule has 114 valence electrons. The van der Waals surface area contributed by atoms with Crippen molar-refractivity contribution in [1.82, 2.24) is 4.90 Å². The minimum atomic E-state index is -0.276. The number of hydrogen-bond donors (Lipinski definition) is 1. The van der Waals surface area contributed by atoms with E-state index >= 15 is 0 Å². The molecule has 1 aliphatic rings. The van der Waals surface area contributed by atoms with Crippen molar-refractivity contribution in [3.05, 3.63) is 29.3 Å². The smallest absolute Gasteiger partial charge is 0.322 e. The number of nitrogens with one attached hydrogen (secondary N) is 1. The van der Waals surface area contributed by atoms with Gasteiger partial charge < -0.3 is 15.0 Å². The SMILES string of the molecule is CCOC(=O)CCN(C(=O)Nc1ccc(Cl)cc1)C1CC1. The first-order valence-corrected chi connectivity index (χ1v) is 7.46. The van der Waals surface area contributed by atoms with E-state index in [1.165, 1.54) is 0 Å².